The van der Waals surface area contributed by atoms with Crippen molar-refractivity contribution in [3.63, 3.8) is 0 Å². The molecule has 0 bridgehead atoms. The smallest absolute Gasteiger partial charge is 0.336 e. The standard InChI is InChI=1S/C25H25N3O4S/c1-3-4-7-17-10-12-18(13-11-17)26-22(29)16-27-20-14-15-33-23(20)24(30)28(25(27)31)19-8-5-6-9-21(19)32-2/h5-6,8-15H,3-4,7,16H2,1-2H3,(H,26,29). The lowest BCUT2D eigenvalue weighted by Gasteiger charge is -2.14. The lowest BCUT2D eigenvalue weighted by Crippen LogP contribution is -2.40. The summed E-state index contributed by atoms with van der Waals surface area (Å²) in [5.41, 5.74) is 1.62. The van der Waals surface area contributed by atoms with E-state index in [1.54, 1.807) is 35.7 Å². The van der Waals surface area contributed by atoms with E-state index in [4.69, 9.17) is 4.74 Å². The van der Waals surface area contributed by atoms with Gasteiger partial charge in [-0.2, -0.15) is 0 Å². The number of methoxy groups -OCH3 is 1. The van der Waals surface area contributed by atoms with E-state index in [0.29, 0.717) is 27.3 Å². The number of hydrogen-bond acceptors (Lipinski definition) is 5. The molecule has 170 valence electrons. The van der Waals surface area contributed by atoms with Crippen LogP contribution in [0.15, 0.2) is 69.6 Å². The zero-order valence-corrected chi connectivity index (χ0v) is 19.4. The fourth-order valence-corrected chi connectivity index (χ4v) is 4.57. The fraction of sp³-hybridized carbons (Fsp3) is 0.240. The van der Waals surface area contributed by atoms with Crippen molar-refractivity contribution in [1.29, 1.82) is 0 Å². The second-order valence-electron chi connectivity index (χ2n) is 7.66. The molecular formula is C25H25N3O4S. The monoisotopic (exact) mass is 463 g/mol. The van der Waals surface area contributed by atoms with Crippen LogP contribution in [0.3, 0.4) is 0 Å². The Bertz CT molecular complexity index is 1400. The number of carbonyl (C=O) groups excluding carboxylic acids is 1. The van der Waals surface area contributed by atoms with Crippen LogP contribution in [0.1, 0.15) is 25.3 Å². The third kappa shape index (κ3) is 4.61. The average molecular weight is 464 g/mol. The molecule has 33 heavy (non-hydrogen) atoms. The van der Waals surface area contributed by atoms with Gasteiger partial charge in [-0.15, -0.1) is 11.3 Å². The Kier molecular flexibility index (Phi) is 6.74. The highest BCUT2D eigenvalue weighted by atomic mass is 32.1. The summed E-state index contributed by atoms with van der Waals surface area (Å²) in [6, 6.07) is 16.2. The first kappa shape index (κ1) is 22.5. The maximum Gasteiger partial charge on any atom is 0.336 e. The Morgan fingerprint density at radius 1 is 1.06 bits per heavy atom. The lowest BCUT2D eigenvalue weighted by atomic mass is 10.1. The third-order valence-corrected chi connectivity index (χ3v) is 6.33. The van der Waals surface area contributed by atoms with Gasteiger partial charge in [0, 0.05) is 5.69 Å². The molecule has 2 aromatic carbocycles. The van der Waals surface area contributed by atoms with E-state index in [-0.39, 0.29) is 12.5 Å². The average Bonchev–Trinajstić information content (AvgIpc) is 3.32. The number of unbranched alkanes of at least 4 members (excludes halogenated alkanes) is 1. The number of fused-ring (bicyclic) bond motifs is 1. The van der Waals surface area contributed by atoms with Gasteiger partial charge in [-0.1, -0.05) is 37.6 Å². The van der Waals surface area contributed by atoms with Gasteiger partial charge in [0.05, 0.1) is 18.3 Å². The quantitative estimate of drug-likeness (QED) is 0.425. The highest BCUT2D eigenvalue weighted by molar-refractivity contribution is 7.17. The van der Waals surface area contributed by atoms with Crippen LogP contribution in [0.5, 0.6) is 5.75 Å². The summed E-state index contributed by atoms with van der Waals surface area (Å²) >= 11 is 1.23. The number of hydrogen-bond donors (Lipinski definition) is 1. The zero-order valence-electron chi connectivity index (χ0n) is 18.5. The third-order valence-electron chi connectivity index (χ3n) is 5.44. The predicted molar refractivity (Wildman–Crippen MR) is 132 cm³/mol. The summed E-state index contributed by atoms with van der Waals surface area (Å²) in [5, 5.41) is 4.58. The first-order valence-electron chi connectivity index (χ1n) is 10.8. The van der Waals surface area contributed by atoms with Crippen molar-refractivity contribution < 1.29 is 9.53 Å². The minimum atomic E-state index is -0.597. The maximum absolute atomic E-state index is 13.4. The number of ether oxygens (including phenoxy) is 1. The number of nitrogens with zero attached hydrogens (tertiary/aromatic N) is 2. The van der Waals surface area contributed by atoms with Gasteiger partial charge in [0.25, 0.3) is 5.56 Å². The van der Waals surface area contributed by atoms with Gasteiger partial charge >= 0.3 is 5.69 Å². The molecule has 7 nitrogen and oxygen atoms in total. The maximum atomic E-state index is 13.4. The second kappa shape index (κ2) is 9.87. The van der Waals surface area contributed by atoms with Crippen molar-refractivity contribution in [3.05, 3.63) is 86.4 Å². The summed E-state index contributed by atoms with van der Waals surface area (Å²) in [6.45, 7) is 1.93. The molecule has 8 heteroatoms. The Balaban J connectivity index is 1.68. The molecule has 4 aromatic rings. The molecule has 1 amide bonds. The molecule has 0 unspecified atom stereocenters. The summed E-state index contributed by atoms with van der Waals surface area (Å²) in [7, 11) is 1.48. The van der Waals surface area contributed by atoms with Crippen LogP contribution in [-0.4, -0.2) is 22.2 Å². The van der Waals surface area contributed by atoms with Crippen LogP contribution in [-0.2, 0) is 17.8 Å². The Hall–Kier alpha value is -3.65. The summed E-state index contributed by atoms with van der Waals surface area (Å²) < 4.78 is 8.14. The summed E-state index contributed by atoms with van der Waals surface area (Å²) in [4.78, 5) is 39.4. The topological polar surface area (TPSA) is 82.3 Å². The highest BCUT2D eigenvalue weighted by Gasteiger charge is 2.19. The van der Waals surface area contributed by atoms with Crippen LogP contribution in [0.4, 0.5) is 5.69 Å². The molecule has 0 spiro atoms. The Labute approximate surface area is 194 Å². The van der Waals surface area contributed by atoms with Crippen LogP contribution in [0, 0.1) is 0 Å². The molecule has 0 saturated carbocycles. The largest absolute Gasteiger partial charge is 0.495 e. The van der Waals surface area contributed by atoms with E-state index in [1.165, 1.54) is 28.6 Å². The fourth-order valence-electron chi connectivity index (χ4n) is 3.75. The van der Waals surface area contributed by atoms with Gasteiger partial charge in [0.1, 0.15) is 17.0 Å². The summed E-state index contributed by atoms with van der Waals surface area (Å²) in [5.74, 6) is 0.0444. The Morgan fingerprint density at radius 2 is 1.82 bits per heavy atom. The number of aromatic nitrogens is 2. The van der Waals surface area contributed by atoms with Crippen molar-refractivity contribution in [3.8, 4) is 11.4 Å². The molecule has 1 N–H and O–H groups in total. The zero-order chi connectivity index (χ0) is 23.4. The number of benzene rings is 2. The number of amides is 1. The van der Waals surface area contributed by atoms with E-state index < -0.39 is 11.2 Å². The van der Waals surface area contributed by atoms with Crippen molar-refractivity contribution in [2.24, 2.45) is 0 Å². The minimum absolute atomic E-state index is 0.223. The lowest BCUT2D eigenvalue weighted by molar-refractivity contribution is -0.116. The van der Waals surface area contributed by atoms with Gasteiger partial charge in [0.2, 0.25) is 5.91 Å². The van der Waals surface area contributed by atoms with Crippen molar-refractivity contribution in [2.45, 2.75) is 32.7 Å². The highest BCUT2D eigenvalue weighted by Crippen LogP contribution is 2.22. The van der Waals surface area contributed by atoms with Crippen LogP contribution in [0.25, 0.3) is 15.9 Å². The van der Waals surface area contributed by atoms with E-state index in [1.807, 2.05) is 24.3 Å². The van der Waals surface area contributed by atoms with Gasteiger partial charge in [-0.3, -0.25) is 14.2 Å². The van der Waals surface area contributed by atoms with Crippen molar-refractivity contribution in [2.75, 3.05) is 12.4 Å². The predicted octanol–water partition coefficient (Wildman–Crippen LogP) is 4.20. The van der Waals surface area contributed by atoms with Crippen LogP contribution < -0.4 is 21.3 Å². The van der Waals surface area contributed by atoms with Gasteiger partial charge in [-0.25, -0.2) is 9.36 Å². The van der Waals surface area contributed by atoms with E-state index in [0.717, 1.165) is 23.8 Å². The molecule has 0 saturated heterocycles. The first-order valence-corrected chi connectivity index (χ1v) is 11.7. The van der Waals surface area contributed by atoms with Crippen LogP contribution in [0.2, 0.25) is 0 Å². The second-order valence-corrected chi connectivity index (χ2v) is 8.58. The SMILES string of the molecule is CCCCc1ccc(NC(=O)Cn2c(=O)n(-c3ccccc3OC)c(=O)c3sccc32)cc1. The van der Waals surface area contributed by atoms with Gasteiger partial charge in [-0.05, 0) is 54.1 Å². The first-order chi connectivity index (χ1) is 16.0. The van der Waals surface area contributed by atoms with Crippen LogP contribution >= 0.6 is 11.3 Å². The number of carbonyl (C=O) groups is 1. The van der Waals surface area contributed by atoms with E-state index in [9.17, 15) is 14.4 Å². The molecule has 2 heterocycles. The molecule has 4 rings (SSSR count). The molecule has 0 radical (unpaired) electrons. The van der Waals surface area contributed by atoms with Crippen molar-refractivity contribution >= 4 is 33.1 Å². The number of nitrogens with one attached hydrogen (secondary N) is 1. The molecule has 0 fully saturated rings. The van der Waals surface area contributed by atoms with Gasteiger partial charge < -0.3 is 10.1 Å². The normalized spacial score (nSPS) is 11.0. The number of rotatable bonds is 8. The molecule has 0 atom stereocenters. The van der Waals surface area contributed by atoms with Gasteiger partial charge in [0.15, 0.2) is 0 Å². The number of anilines is 1. The molecular weight excluding hydrogens is 438 g/mol. The molecule has 0 aliphatic heterocycles. The van der Waals surface area contributed by atoms with E-state index in [2.05, 4.69) is 12.2 Å². The number of thiophene rings is 1. The minimum Gasteiger partial charge on any atom is -0.495 e. The van der Waals surface area contributed by atoms with E-state index >= 15 is 0 Å². The van der Waals surface area contributed by atoms with Crippen molar-refractivity contribution in [1.82, 2.24) is 9.13 Å². The number of aryl methyl sites for hydroxylation is 1. The molecule has 0 aliphatic carbocycles. The Morgan fingerprint density at radius 3 is 2.55 bits per heavy atom. The molecule has 0 aliphatic rings. The summed E-state index contributed by atoms with van der Waals surface area (Å²) in [6.07, 6.45) is 3.25. The number of para-hydroxylation sites is 2. The molecule has 2 aromatic heterocycles.